The summed E-state index contributed by atoms with van der Waals surface area (Å²) in [6, 6.07) is 8.68. The largest absolute Gasteiger partial charge is 0.352 e. The fourth-order valence-electron chi connectivity index (χ4n) is 2.18. The second-order valence-corrected chi connectivity index (χ2v) is 4.22. The first-order chi connectivity index (χ1) is 7.79. The number of hydrogen-bond donors (Lipinski definition) is 2. The number of rotatable bonds is 4. The number of hydrogen-bond acceptors (Lipinski definition) is 2. The van der Waals surface area contributed by atoms with Crippen LogP contribution in [0.15, 0.2) is 24.3 Å². The van der Waals surface area contributed by atoms with E-state index in [1.54, 1.807) is 0 Å². The second kappa shape index (κ2) is 5.12. The van der Waals surface area contributed by atoms with Crippen LogP contribution in [-0.4, -0.2) is 25.0 Å². The van der Waals surface area contributed by atoms with Gasteiger partial charge in [-0.3, -0.25) is 4.79 Å². The maximum atomic E-state index is 11.5. The molecule has 1 aliphatic carbocycles. The third-order valence-electron chi connectivity index (χ3n) is 2.95. The third kappa shape index (κ3) is 2.61. The number of benzene rings is 1. The zero-order valence-corrected chi connectivity index (χ0v) is 9.62. The lowest BCUT2D eigenvalue weighted by molar-refractivity contribution is -0.120. The van der Waals surface area contributed by atoms with Crippen molar-refractivity contribution >= 4 is 5.91 Å². The maximum absolute atomic E-state index is 11.5. The van der Waals surface area contributed by atoms with Gasteiger partial charge < -0.3 is 10.6 Å². The Morgan fingerprint density at radius 2 is 1.94 bits per heavy atom. The predicted molar refractivity (Wildman–Crippen MR) is 64.3 cm³/mol. The summed E-state index contributed by atoms with van der Waals surface area (Å²) in [6.07, 6.45) is 1.93. The van der Waals surface area contributed by atoms with Crippen molar-refractivity contribution in [1.82, 2.24) is 10.6 Å². The highest BCUT2D eigenvalue weighted by atomic mass is 16.1. The van der Waals surface area contributed by atoms with Gasteiger partial charge in [0.15, 0.2) is 0 Å². The molecular weight excluding hydrogens is 200 g/mol. The molecule has 0 aromatic heterocycles. The van der Waals surface area contributed by atoms with Crippen LogP contribution in [0.4, 0.5) is 0 Å². The van der Waals surface area contributed by atoms with Gasteiger partial charge in [0.2, 0.25) is 5.91 Å². The Balaban J connectivity index is 1.85. The summed E-state index contributed by atoms with van der Waals surface area (Å²) in [4.78, 5) is 11.5. The zero-order valence-electron chi connectivity index (χ0n) is 9.62. The average molecular weight is 218 g/mol. The molecule has 2 N–H and O–H groups in total. The molecule has 0 heterocycles. The number of fused-ring (bicyclic) bond motifs is 1. The minimum Gasteiger partial charge on any atom is -0.352 e. The van der Waals surface area contributed by atoms with Crippen molar-refractivity contribution in [3.8, 4) is 0 Å². The first kappa shape index (κ1) is 11.1. The summed E-state index contributed by atoms with van der Waals surface area (Å²) in [5, 5.41) is 6.09. The van der Waals surface area contributed by atoms with Crippen LogP contribution in [0.25, 0.3) is 0 Å². The molecule has 1 aliphatic rings. The fourth-order valence-corrected chi connectivity index (χ4v) is 2.18. The average Bonchev–Trinajstić information content (AvgIpc) is 2.68. The van der Waals surface area contributed by atoms with E-state index in [2.05, 4.69) is 34.9 Å². The van der Waals surface area contributed by atoms with Crippen LogP contribution in [0.3, 0.4) is 0 Å². The zero-order chi connectivity index (χ0) is 11.4. The van der Waals surface area contributed by atoms with Crippen molar-refractivity contribution in [1.29, 1.82) is 0 Å². The van der Waals surface area contributed by atoms with Gasteiger partial charge in [-0.25, -0.2) is 0 Å². The van der Waals surface area contributed by atoms with Crippen molar-refractivity contribution in [3.63, 3.8) is 0 Å². The van der Waals surface area contributed by atoms with E-state index in [1.165, 1.54) is 11.1 Å². The molecule has 3 nitrogen and oxygen atoms in total. The third-order valence-corrected chi connectivity index (χ3v) is 2.95. The molecule has 0 bridgehead atoms. The van der Waals surface area contributed by atoms with Gasteiger partial charge in [-0.2, -0.15) is 0 Å². The smallest absolute Gasteiger partial charge is 0.234 e. The van der Waals surface area contributed by atoms with E-state index in [4.69, 9.17) is 0 Å². The molecule has 16 heavy (non-hydrogen) atoms. The van der Waals surface area contributed by atoms with Crippen molar-refractivity contribution < 1.29 is 4.79 Å². The van der Waals surface area contributed by atoms with Crippen LogP contribution in [0.5, 0.6) is 0 Å². The molecule has 86 valence electrons. The lowest BCUT2D eigenvalue weighted by atomic mass is 10.1. The van der Waals surface area contributed by atoms with Crippen molar-refractivity contribution in [2.24, 2.45) is 0 Å². The first-order valence-electron chi connectivity index (χ1n) is 5.86. The molecule has 0 aliphatic heterocycles. The highest BCUT2D eigenvalue weighted by molar-refractivity contribution is 5.78. The molecule has 0 atom stereocenters. The van der Waals surface area contributed by atoms with E-state index >= 15 is 0 Å². The van der Waals surface area contributed by atoms with Crippen LogP contribution in [-0.2, 0) is 17.6 Å². The quantitative estimate of drug-likeness (QED) is 0.787. The molecule has 1 aromatic rings. The molecule has 0 saturated heterocycles. The number of nitrogens with one attached hydrogen (secondary N) is 2. The monoisotopic (exact) mass is 218 g/mol. The van der Waals surface area contributed by atoms with Gasteiger partial charge >= 0.3 is 0 Å². The standard InChI is InChI=1S/C13H18N2O/c1-2-14-9-13(16)15-12-7-10-5-3-4-6-11(10)8-12/h3-6,12,14H,2,7-9H2,1H3,(H,15,16). The molecule has 0 unspecified atom stereocenters. The molecule has 3 heteroatoms. The van der Waals surface area contributed by atoms with E-state index < -0.39 is 0 Å². The molecule has 1 aromatic carbocycles. The van der Waals surface area contributed by atoms with Crippen LogP contribution in [0.1, 0.15) is 18.1 Å². The van der Waals surface area contributed by atoms with E-state index in [1.807, 2.05) is 6.92 Å². The topological polar surface area (TPSA) is 41.1 Å². The van der Waals surface area contributed by atoms with Gasteiger partial charge in [-0.15, -0.1) is 0 Å². The SMILES string of the molecule is CCNCC(=O)NC1Cc2ccccc2C1. The fraction of sp³-hybridized carbons (Fsp3) is 0.462. The van der Waals surface area contributed by atoms with Crippen LogP contribution in [0.2, 0.25) is 0 Å². The summed E-state index contributed by atoms with van der Waals surface area (Å²) in [5.41, 5.74) is 2.74. The Bertz CT molecular complexity index is 351. The second-order valence-electron chi connectivity index (χ2n) is 4.22. The normalized spacial score (nSPS) is 14.8. The van der Waals surface area contributed by atoms with Gasteiger partial charge in [0, 0.05) is 6.04 Å². The predicted octanol–water partition coefficient (Wildman–Crippen LogP) is 0.879. The highest BCUT2D eigenvalue weighted by Crippen LogP contribution is 2.21. The Morgan fingerprint density at radius 3 is 2.50 bits per heavy atom. The summed E-state index contributed by atoms with van der Waals surface area (Å²) >= 11 is 0. The highest BCUT2D eigenvalue weighted by Gasteiger charge is 2.21. The van der Waals surface area contributed by atoms with Crippen molar-refractivity contribution in [2.45, 2.75) is 25.8 Å². The molecule has 0 saturated carbocycles. The maximum Gasteiger partial charge on any atom is 0.234 e. The lowest BCUT2D eigenvalue weighted by Crippen LogP contribution is -2.40. The van der Waals surface area contributed by atoms with Crippen LogP contribution in [0, 0.1) is 0 Å². The van der Waals surface area contributed by atoms with Gasteiger partial charge in [0.05, 0.1) is 6.54 Å². The number of carbonyl (C=O) groups excluding carboxylic acids is 1. The van der Waals surface area contributed by atoms with Gasteiger partial charge in [0.25, 0.3) is 0 Å². The molecule has 0 fully saturated rings. The van der Waals surface area contributed by atoms with Gasteiger partial charge in [-0.1, -0.05) is 31.2 Å². The summed E-state index contributed by atoms with van der Waals surface area (Å²) in [6.45, 7) is 3.25. The summed E-state index contributed by atoms with van der Waals surface area (Å²) in [5.74, 6) is 0.0969. The lowest BCUT2D eigenvalue weighted by Gasteiger charge is -2.11. The van der Waals surface area contributed by atoms with Gasteiger partial charge in [0.1, 0.15) is 0 Å². The molecule has 1 amide bonds. The van der Waals surface area contributed by atoms with Crippen LogP contribution < -0.4 is 10.6 Å². The van der Waals surface area contributed by atoms with E-state index in [0.29, 0.717) is 6.54 Å². The molecule has 0 spiro atoms. The number of carbonyl (C=O) groups is 1. The number of likely N-dealkylation sites (N-methyl/N-ethyl adjacent to an activating group) is 1. The first-order valence-corrected chi connectivity index (χ1v) is 5.86. The molecule has 0 radical (unpaired) electrons. The van der Waals surface area contributed by atoms with E-state index in [0.717, 1.165) is 19.4 Å². The van der Waals surface area contributed by atoms with E-state index in [9.17, 15) is 4.79 Å². The Hall–Kier alpha value is -1.35. The minimum atomic E-state index is 0.0969. The Labute approximate surface area is 96.2 Å². The summed E-state index contributed by atoms with van der Waals surface area (Å²) in [7, 11) is 0. The summed E-state index contributed by atoms with van der Waals surface area (Å²) < 4.78 is 0. The Morgan fingerprint density at radius 1 is 1.31 bits per heavy atom. The molecule has 2 rings (SSSR count). The molecular formula is C13H18N2O. The van der Waals surface area contributed by atoms with Crippen molar-refractivity contribution in [2.75, 3.05) is 13.1 Å². The minimum absolute atomic E-state index is 0.0969. The van der Waals surface area contributed by atoms with E-state index in [-0.39, 0.29) is 11.9 Å². The Kier molecular flexibility index (Phi) is 3.57. The van der Waals surface area contributed by atoms with Gasteiger partial charge in [-0.05, 0) is 30.5 Å². The van der Waals surface area contributed by atoms with Crippen molar-refractivity contribution in [3.05, 3.63) is 35.4 Å². The number of amides is 1. The van der Waals surface area contributed by atoms with Crippen LogP contribution >= 0.6 is 0 Å².